The largest absolute Gasteiger partial charge is 0.469 e. The first kappa shape index (κ1) is 24.0. The van der Waals surface area contributed by atoms with E-state index >= 15 is 0 Å². The van der Waals surface area contributed by atoms with E-state index in [1.54, 1.807) is 6.26 Å². The third-order valence-corrected chi connectivity index (χ3v) is 4.91. The Morgan fingerprint density at radius 2 is 1.76 bits per heavy atom. The topological polar surface area (TPSA) is 62.0 Å². The molecule has 160 valence electrons. The summed E-state index contributed by atoms with van der Waals surface area (Å²) >= 11 is 5.95. The predicted octanol–water partition coefficient (Wildman–Crippen LogP) is 3.20. The fraction of sp³-hybridized carbons (Fsp3) is 0.476. The molecule has 2 aromatic rings. The van der Waals surface area contributed by atoms with Crippen LogP contribution in [0.2, 0.25) is 5.02 Å². The van der Waals surface area contributed by atoms with Gasteiger partial charge in [0.1, 0.15) is 5.76 Å². The standard InChI is InChI=1S/C21H29ClN4O2.HI/c22-19-5-3-18(4-6-19)7-9-23-21(24-10-8-20-2-1-15-28-20)25-11-12-26-13-16-27-17-14-26;/h1-6,15H,7-14,16-17H2,(H2,23,24,25);1H. The Morgan fingerprint density at radius 3 is 2.45 bits per heavy atom. The molecule has 1 aromatic heterocycles. The summed E-state index contributed by atoms with van der Waals surface area (Å²) in [5.41, 5.74) is 1.25. The maximum atomic E-state index is 5.95. The number of nitrogens with one attached hydrogen (secondary N) is 2. The SMILES string of the molecule is Clc1ccc(CCNC(=NCCN2CCOCC2)NCCc2ccco2)cc1.I. The minimum Gasteiger partial charge on any atom is -0.469 e. The smallest absolute Gasteiger partial charge is 0.191 e. The van der Waals surface area contributed by atoms with Gasteiger partial charge in [-0.15, -0.1) is 24.0 Å². The number of ether oxygens (including phenoxy) is 1. The zero-order valence-electron chi connectivity index (χ0n) is 16.6. The van der Waals surface area contributed by atoms with Crippen molar-refractivity contribution < 1.29 is 9.15 Å². The lowest BCUT2D eigenvalue weighted by Crippen LogP contribution is -2.41. The molecule has 0 saturated carbocycles. The Kier molecular flexibility index (Phi) is 11.5. The summed E-state index contributed by atoms with van der Waals surface area (Å²) in [5.74, 6) is 1.81. The van der Waals surface area contributed by atoms with E-state index in [2.05, 4.69) is 27.7 Å². The van der Waals surface area contributed by atoms with E-state index in [-0.39, 0.29) is 24.0 Å². The van der Waals surface area contributed by atoms with Crippen molar-refractivity contribution in [2.24, 2.45) is 4.99 Å². The van der Waals surface area contributed by atoms with Gasteiger partial charge in [-0.25, -0.2) is 0 Å². The lowest BCUT2D eigenvalue weighted by molar-refractivity contribution is 0.0394. The molecule has 2 heterocycles. The molecule has 1 saturated heterocycles. The van der Waals surface area contributed by atoms with Crippen molar-refractivity contribution in [2.75, 3.05) is 52.5 Å². The van der Waals surface area contributed by atoms with Gasteiger partial charge in [0, 0.05) is 44.2 Å². The molecule has 2 N–H and O–H groups in total. The Labute approximate surface area is 195 Å². The molecule has 1 aliphatic heterocycles. The summed E-state index contributed by atoms with van der Waals surface area (Å²) in [5, 5.41) is 7.60. The fourth-order valence-electron chi connectivity index (χ4n) is 3.04. The first-order valence-electron chi connectivity index (χ1n) is 9.89. The van der Waals surface area contributed by atoms with Gasteiger partial charge >= 0.3 is 0 Å². The quantitative estimate of drug-likeness (QED) is 0.295. The molecule has 1 fully saturated rings. The average Bonchev–Trinajstić information content (AvgIpc) is 3.23. The molecule has 8 heteroatoms. The van der Waals surface area contributed by atoms with Crippen LogP contribution in [0.25, 0.3) is 0 Å². The van der Waals surface area contributed by atoms with Gasteiger partial charge in [0.05, 0.1) is 26.0 Å². The van der Waals surface area contributed by atoms with Crippen molar-refractivity contribution in [2.45, 2.75) is 12.8 Å². The van der Waals surface area contributed by atoms with E-state index in [9.17, 15) is 0 Å². The summed E-state index contributed by atoms with van der Waals surface area (Å²) in [7, 11) is 0. The molecule has 29 heavy (non-hydrogen) atoms. The zero-order valence-corrected chi connectivity index (χ0v) is 19.7. The van der Waals surface area contributed by atoms with Crippen LogP contribution >= 0.6 is 35.6 Å². The summed E-state index contributed by atoms with van der Waals surface area (Å²) in [6.07, 6.45) is 3.45. The molecular weight excluding hydrogens is 503 g/mol. The van der Waals surface area contributed by atoms with Crippen molar-refractivity contribution in [1.82, 2.24) is 15.5 Å². The highest BCUT2D eigenvalue weighted by atomic mass is 127. The molecule has 1 aromatic carbocycles. The van der Waals surface area contributed by atoms with Crippen LogP contribution in [0.1, 0.15) is 11.3 Å². The Balaban J connectivity index is 0.00000300. The van der Waals surface area contributed by atoms with Crippen molar-refractivity contribution in [3.8, 4) is 0 Å². The number of aliphatic imine (C=N–C) groups is 1. The van der Waals surface area contributed by atoms with E-state index in [1.807, 2.05) is 24.3 Å². The third-order valence-electron chi connectivity index (χ3n) is 4.65. The monoisotopic (exact) mass is 532 g/mol. The molecule has 0 aliphatic carbocycles. The molecule has 0 amide bonds. The predicted molar refractivity (Wildman–Crippen MR) is 129 cm³/mol. The van der Waals surface area contributed by atoms with Crippen LogP contribution in [0.5, 0.6) is 0 Å². The third kappa shape index (κ3) is 9.37. The van der Waals surface area contributed by atoms with Crippen LogP contribution in [-0.4, -0.2) is 63.3 Å². The number of hydrogen-bond acceptors (Lipinski definition) is 4. The van der Waals surface area contributed by atoms with Gasteiger partial charge in [0.25, 0.3) is 0 Å². The highest BCUT2D eigenvalue weighted by molar-refractivity contribution is 14.0. The van der Waals surface area contributed by atoms with Crippen LogP contribution in [0.4, 0.5) is 0 Å². The number of rotatable bonds is 9. The number of halogens is 2. The Morgan fingerprint density at radius 1 is 1.03 bits per heavy atom. The van der Waals surface area contributed by atoms with Crippen molar-refractivity contribution in [3.63, 3.8) is 0 Å². The number of guanidine groups is 1. The number of hydrogen-bond donors (Lipinski definition) is 2. The lowest BCUT2D eigenvalue weighted by Gasteiger charge is -2.25. The van der Waals surface area contributed by atoms with E-state index < -0.39 is 0 Å². The minimum atomic E-state index is 0. The zero-order chi connectivity index (χ0) is 19.4. The van der Waals surface area contributed by atoms with Crippen molar-refractivity contribution in [3.05, 3.63) is 59.0 Å². The molecule has 6 nitrogen and oxygen atoms in total. The normalized spacial score (nSPS) is 15.0. The summed E-state index contributed by atoms with van der Waals surface area (Å²) in [4.78, 5) is 7.13. The summed E-state index contributed by atoms with van der Waals surface area (Å²) < 4.78 is 10.8. The van der Waals surface area contributed by atoms with Crippen LogP contribution in [0.3, 0.4) is 0 Å². The van der Waals surface area contributed by atoms with Crippen molar-refractivity contribution in [1.29, 1.82) is 0 Å². The summed E-state index contributed by atoms with van der Waals surface area (Å²) in [6.45, 7) is 6.91. The van der Waals surface area contributed by atoms with Gasteiger partial charge in [-0.2, -0.15) is 0 Å². The van der Waals surface area contributed by atoms with Gasteiger partial charge in [-0.3, -0.25) is 9.89 Å². The van der Waals surface area contributed by atoms with E-state index in [1.165, 1.54) is 5.56 Å². The second-order valence-electron chi connectivity index (χ2n) is 6.74. The highest BCUT2D eigenvalue weighted by Crippen LogP contribution is 2.09. The van der Waals surface area contributed by atoms with Crippen LogP contribution < -0.4 is 10.6 Å². The number of benzene rings is 1. The van der Waals surface area contributed by atoms with Crippen LogP contribution in [-0.2, 0) is 17.6 Å². The highest BCUT2D eigenvalue weighted by Gasteiger charge is 2.09. The maximum absolute atomic E-state index is 5.95. The second-order valence-corrected chi connectivity index (χ2v) is 7.18. The molecular formula is C21H30ClIN4O2. The van der Waals surface area contributed by atoms with Gasteiger partial charge in [0.15, 0.2) is 5.96 Å². The Bertz CT molecular complexity index is 704. The number of nitrogens with zero attached hydrogens (tertiary/aromatic N) is 2. The lowest BCUT2D eigenvalue weighted by atomic mass is 10.1. The molecule has 3 rings (SSSR count). The molecule has 0 unspecified atom stereocenters. The molecule has 0 atom stereocenters. The molecule has 0 bridgehead atoms. The van der Waals surface area contributed by atoms with Gasteiger partial charge < -0.3 is 19.8 Å². The Hall–Kier alpha value is -1.29. The van der Waals surface area contributed by atoms with E-state index in [0.29, 0.717) is 0 Å². The molecule has 1 aliphatic rings. The van der Waals surface area contributed by atoms with Gasteiger partial charge in [0.2, 0.25) is 0 Å². The minimum absolute atomic E-state index is 0. The van der Waals surface area contributed by atoms with Gasteiger partial charge in [-0.05, 0) is 36.2 Å². The van der Waals surface area contributed by atoms with Crippen LogP contribution in [0, 0.1) is 0 Å². The number of furan rings is 1. The van der Waals surface area contributed by atoms with Gasteiger partial charge in [-0.1, -0.05) is 23.7 Å². The van der Waals surface area contributed by atoms with Crippen molar-refractivity contribution >= 4 is 41.5 Å². The van der Waals surface area contributed by atoms with E-state index in [4.69, 9.17) is 25.7 Å². The van der Waals surface area contributed by atoms with E-state index in [0.717, 1.165) is 82.1 Å². The molecule has 0 radical (unpaired) electrons. The van der Waals surface area contributed by atoms with Crippen LogP contribution in [0.15, 0.2) is 52.1 Å². The number of morpholine rings is 1. The first-order valence-corrected chi connectivity index (χ1v) is 10.3. The fourth-order valence-corrected chi connectivity index (χ4v) is 3.16. The maximum Gasteiger partial charge on any atom is 0.191 e. The first-order chi connectivity index (χ1) is 13.8. The second kappa shape index (κ2) is 13.8. The molecule has 0 spiro atoms. The average molecular weight is 533 g/mol. The summed E-state index contributed by atoms with van der Waals surface area (Å²) in [6, 6.07) is 11.9.